The van der Waals surface area contributed by atoms with E-state index < -0.39 is 10.0 Å². The Morgan fingerprint density at radius 2 is 2.06 bits per heavy atom. The lowest BCUT2D eigenvalue weighted by Gasteiger charge is -2.06. The van der Waals surface area contributed by atoms with Crippen LogP contribution in [0.1, 0.15) is 24.0 Å². The maximum atomic E-state index is 11.6. The van der Waals surface area contributed by atoms with Gasteiger partial charge in [-0.1, -0.05) is 29.8 Å². The molecular formula is C13H21NO3S. The Morgan fingerprint density at radius 3 is 2.72 bits per heavy atom. The molecule has 0 aromatic heterocycles. The zero-order valence-electron chi connectivity index (χ0n) is 10.7. The first-order chi connectivity index (χ1) is 8.53. The number of aryl methyl sites for hydroxylation is 1. The van der Waals surface area contributed by atoms with Gasteiger partial charge >= 0.3 is 0 Å². The average Bonchev–Trinajstić information content (AvgIpc) is 2.29. The molecule has 18 heavy (non-hydrogen) atoms. The van der Waals surface area contributed by atoms with Crippen LogP contribution >= 0.6 is 0 Å². The molecule has 2 N–H and O–H groups in total. The second-order valence-corrected chi connectivity index (χ2v) is 6.31. The number of aliphatic hydroxyl groups is 1. The Bertz CT molecular complexity index is 457. The van der Waals surface area contributed by atoms with Gasteiger partial charge in [-0.25, -0.2) is 13.1 Å². The standard InChI is InChI=1S/C13H21NO3S/c1-12-5-4-6-13(11-12)7-8-14-18(16,17)10-3-2-9-15/h4-6,11,14-15H,2-3,7-10H2,1H3. The maximum absolute atomic E-state index is 11.6. The lowest BCUT2D eigenvalue weighted by Crippen LogP contribution is -2.28. The van der Waals surface area contributed by atoms with Crippen LogP contribution in [-0.2, 0) is 16.4 Å². The second-order valence-electron chi connectivity index (χ2n) is 4.38. The minimum absolute atomic E-state index is 0.0405. The smallest absolute Gasteiger partial charge is 0.211 e. The molecule has 1 aromatic rings. The molecule has 0 bridgehead atoms. The third-order valence-corrected chi connectivity index (χ3v) is 4.11. The number of hydrogen-bond acceptors (Lipinski definition) is 3. The van der Waals surface area contributed by atoms with E-state index in [1.807, 2.05) is 25.1 Å². The summed E-state index contributed by atoms with van der Waals surface area (Å²) in [6.45, 7) is 2.48. The van der Waals surface area contributed by atoms with Crippen molar-refractivity contribution >= 4 is 10.0 Å². The Kier molecular flexibility index (Phi) is 6.32. The zero-order valence-corrected chi connectivity index (χ0v) is 11.5. The molecule has 1 aromatic carbocycles. The summed E-state index contributed by atoms with van der Waals surface area (Å²) < 4.78 is 25.7. The maximum Gasteiger partial charge on any atom is 0.211 e. The van der Waals surface area contributed by atoms with Crippen LogP contribution in [0.25, 0.3) is 0 Å². The SMILES string of the molecule is Cc1cccc(CCNS(=O)(=O)CCCCO)c1. The van der Waals surface area contributed by atoms with Crippen LogP contribution in [0.15, 0.2) is 24.3 Å². The molecule has 0 atom stereocenters. The van der Waals surface area contributed by atoms with Crippen molar-refractivity contribution in [2.45, 2.75) is 26.2 Å². The molecule has 0 amide bonds. The van der Waals surface area contributed by atoms with Crippen molar-refractivity contribution in [1.82, 2.24) is 4.72 Å². The van der Waals surface area contributed by atoms with Gasteiger partial charge in [-0.3, -0.25) is 0 Å². The molecule has 0 unspecified atom stereocenters. The first-order valence-electron chi connectivity index (χ1n) is 6.17. The van der Waals surface area contributed by atoms with E-state index in [0.717, 1.165) is 5.56 Å². The lowest BCUT2D eigenvalue weighted by molar-refractivity contribution is 0.287. The number of aliphatic hydroxyl groups excluding tert-OH is 1. The van der Waals surface area contributed by atoms with E-state index in [4.69, 9.17) is 5.11 Å². The first-order valence-corrected chi connectivity index (χ1v) is 7.82. The van der Waals surface area contributed by atoms with E-state index in [1.54, 1.807) is 0 Å². The van der Waals surface area contributed by atoms with Crippen molar-refractivity contribution in [3.8, 4) is 0 Å². The summed E-state index contributed by atoms with van der Waals surface area (Å²) in [7, 11) is -3.20. The number of nitrogens with one attached hydrogen (secondary N) is 1. The quantitative estimate of drug-likeness (QED) is 0.699. The van der Waals surface area contributed by atoms with Gasteiger partial charge in [-0.15, -0.1) is 0 Å². The van der Waals surface area contributed by atoms with Crippen molar-refractivity contribution < 1.29 is 13.5 Å². The molecule has 0 aliphatic rings. The minimum Gasteiger partial charge on any atom is -0.396 e. The molecule has 0 aliphatic heterocycles. The number of sulfonamides is 1. The summed E-state index contributed by atoms with van der Waals surface area (Å²) in [5.74, 6) is 0.0847. The normalized spacial score (nSPS) is 11.7. The van der Waals surface area contributed by atoms with Crippen molar-refractivity contribution in [3.63, 3.8) is 0 Å². The lowest BCUT2D eigenvalue weighted by atomic mass is 10.1. The number of unbranched alkanes of at least 4 members (excludes halogenated alkanes) is 1. The summed E-state index contributed by atoms with van der Waals surface area (Å²) in [4.78, 5) is 0. The minimum atomic E-state index is -3.20. The number of rotatable bonds is 8. The first kappa shape index (κ1) is 15.1. The highest BCUT2D eigenvalue weighted by molar-refractivity contribution is 7.89. The van der Waals surface area contributed by atoms with Gasteiger partial charge in [-0.05, 0) is 31.7 Å². The monoisotopic (exact) mass is 271 g/mol. The van der Waals surface area contributed by atoms with E-state index in [1.165, 1.54) is 5.56 Å². The predicted molar refractivity (Wildman–Crippen MR) is 73.0 cm³/mol. The fraction of sp³-hybridized carbons (Fsp3) is 0.538. The molecule has 4 nitrogen and oxygen atoms in total. The molecule has 1 rings (SSSR count). The molecule has 5 heteroatoms. The van der Waals surface area contributed by atoms with Gasteiger partial charge in [0, 0.05) is 13.2 Å². The van der Waals surface area contributed by atoms with Gasteiger partial charge in [0.2, 0.25) is 10.0 Å². The fourth-order valence-electron chi connectivity index (χ4n) is 1.69. The van der Waals surface area contributed by atoms with Gasteiger partial charge in [0.1, 0.15) is 0 Å². The summed E-state index contributed by atoms with van der Waals surface area (Å²) >= 11 is 0. The topological polar surface area (TPSA) is 66.4 Å². The largest absolute Gasteiger partial charge is 0.396 e. The third-order valence-electron chi connectivity index (χ3n) is 2.64. The molecule has 0 aliphatic carbocycles. The van der Waals surface area contributed by atoms with E-state index in [-0.39, 0.29) is 12.4 Å². The summed E-state index contributed by atoms with van der Waals surface area (Å²) in [5.41, 5.74) is 2.31. The van der Waals surface area contributed by atoms with E-state index in [9.17, 15) is 8.42 Å². The molecule has 0 radical (unpaired) electrons. The van der Waals surface area contributed by atoms with Crippen LogP contribution < -0.4 is 4.72 Å². The van der Waals surface area contributed by atoms with Gasteiger partial charge in [0.25, 0.3) is 0 Å². The van der Waals surface area contributed by atoms with Crippen LogP contribution in [0.4, 0.5) is 0 Å². The molecular weight excluding hydrogens is 250 g/mol. The van der Waals surface area contributed by atoms with Crippen LogP contribution in [0.2, 0.25) is 0 Å². The Balaban J connectivity index is 2.32. The van der Waals surface area contributed by atoms with Crippen LogP contribution in [0, 0.1) is 6.92 Å². The molecule has 102 valence electrons. The molecule has 0 spiro atoms. The zero-order chi connectivity index (χ0) is 13.4. The number of benzene rings is 1. The van der Waals surface area contributed by atoms with Gasteiger partial charge in [0.05, 0.1) is 5.75 Å². The third kappa shape index (κ3) is 6.14. The second kappa shape index (κ2) is 7.51. The predicted octanol–water partition coefficient (Wildman–Crippen LogP) is 1.23. The van der Waals surface area contributed by atoms with Gasteiger partial charge in [0.15, 0.2) is 0 Å². The summed E-state index contributed by atoms with van der Waals surface area (Å²) in [6.07, 6.45) is 1.72. The highest BCUT2D eigenvalue weighted by Gasteiger charge is 2.08. The Morgan fingerprint density at radius 1 is 1.28 bits per heavy atom. The van der Waals surface area contributed by atoms with Crippen LogP contribution in [0.3, 0.4) is 0 Å². The average molecular weight is 271 g/mol. The van der Waals surface area contributed by atoms with Gasteiger partial charge < -0.3 is 5.11 Å². The van der Waals surface area contributed by atoms with Crippen molar-refractivity contribution in [1.29, 1.82) is 0 Å². The van der Waals surface area contributed by atoms with Crippen LogP contribution in [0.5, 0.6) is 0 Å². The fourth-order valence-corrected chi connectivity index (χ4v) is 2.84. The molecule has 0 fully saturated rings. The van der Waals surface area contributed by atoms with Crippen LogP contribution in [-0.4, -0.2) is 32.4 Å². The Hall–Kier alpha value is -0.910. The highest BCUT2D eigenvalue weighted by atomic mass is 32.2. The highest BCUT2D eigenvalue weighted by Crippen LogP contribution is 2.04. The van der Waals surface area contributed by atoms with Crippen molar-refractivity contribution in [2.75, 3.05) is 18.9 Å². The summed E-state index contributed by atoms with van der Waals surface area (Å²) in [5, 5.41) is 8.60. The van der Waals surface area contributed by atoms with E-state index >= 15 is 0 Å². The Labute approximate surface area is 109 Å². The van der Waals surface area contributed by atoms with Crippen molar-refractivity contribution in [2.24, 2.45) is 0 Å². The van der Waals surface area contributed by atoms with Gasteiger partial charge in [-0.2, -0.15) is 0 Å². The summed E-state index contributed by atoms with van der Waals surface area (Å²) in [6, 6.07) is 8.04. The van der Waals surface area contributed by atoms with E-state index in [0.29, 0.717) is 25.8 Å². The number of hydrogen-bond donors (Lipinski definition) is 2. The molecule has 0 saturated carbocycles. The van der Waals surface area contributed by atoms with E-state index in [2.05, 4.69) is 10.8 Å². The molecule has 0 heterocycles. The van der Waals surface area contributed by atoms with Crippen molar-refractivity contribution in [3.05, 3.63) is 35.4 Å². The molecule has 0 saturated heterocycles.